The zero-order chi connectivity index (χ0) is 6.69. The summed E-state index contributed by atoms with van der Waals surface area (Å²) in [4.78, 5) is 4.10. The van der Waals surface area contributed by atoms with Crippen LogP contribution in [0, 0.1) is 5.92 Å². The quantitative estimate of drug-likeness (QED) is 0.390. The van der Waals surface area contributed by atoms with Crippen molar-refractivity contribution in [3.8, 4) is 0 Å². The molecule has 0 bridgehead atoms. The van der Waals surface area contributed by atoms with E-state index in [2.05, 4.69) is 17.3 Å². The van der Waals surface area contributed by atoms with Crippen LogP contribution in [0.5, 0.6) is 0 Å². The van der Waals surface area contributed by atoms with Crippen molar-refractivity contribution >= 4 is 5.71 Å². The maximum Gasteiger partial charge on any atom is 0.0452 e. The molecule has 48 valence electrons. The van der Waals surface area contributed by atoms with E-state index in [1.54, 1.807) is 0 Å². The van der Waals surface area contributed by atoms with Gasteiger partial charge in [0.1, 0.15) is 0 Å². The lowest BCUT2D eigenvalue weighted by Crippen LogP contribution is -1.93. The molecule has 0 radical (unpaired) electrons. The Morgan fingerprint density at radius 2 is 2.44 bits per heavy atom. The van der Waals surface area contributed by atoms with Gasteiger partial charge < -0.3 is 0 Å². The fourth-order valence-electron chi connectivity index (χ4n) is 0.849. The summed E-state index contributed by atoms with van der Waals surface area (Å²) in [6.45, 7) is 3.50. The van der Waals surface area contributed by atoms with E-state index in [0.717, 1.165) is 11.6 Å². The van der Waals surface area contributed by atoms with Crippen LogP contribution in [0.1, 0.15) is 12.8 Å². The maximum atomic E-state index is 4.10. The van der Waals surface area contributed by atoms with Crippen LogP contribution in [0.2, 0.25) is 0 Å². The molecule has 1 aliphatic carbocycles. The minimum absolute atomic E-state index is 0.726. The first-order chi connectivity index (χ1) is 4.38. The highest BCUT2D eigenvalue weighted by Gasteiger charge is 2.24. The average Bonchev–Trinajstić information content (AvgIpc) is 2.64. The zero-order valence-corrected chi connectivity index (χ0v) is 5.72. The van der Waals surface area contributed by atoms with Gasteiger partial charge in [-0.25, -0.2) is 0 Å². The molecule has 1 aliphatic rings. The number of hydrogen-bond acceptors (Lipinski definition) is 1. The fourth-order valence-corrected chi connectivity index (χ4v) is 0.849. The third-order valence-electron chi connectivity index (χ3n) is 1.50. The van der Waals surface area contributed by atoms with Crippen molar-refractivity contribution in [3.05, 3.63) is 18.4 Å². The van der Waals surface area contributed by atoms with Gasteiger partial charge in [0.2, 0.25) is 0 Å². The van der Waals surface area contributed by atoms with Crippen LogP contribution in [0.4, 0.5) is 0 Å². The number of rotatable bonds is 2. The summed E-state index contributed by atoms with van der Waals surface area (Å²) in [6, 6.07) is 0. The SMILES string of the molecule is C=C=CC(=NC)C1CC1. The molecule has 0 heterocycles. The van der Waals surface area contributed by atoms with Crippen LogP contribution in [-0.4, -0.2) is 12.8 Å². The van der Waals surface area contributed by atoms with E-state index in [4.69, 9.17) is 0 Å². The molecule has 1 saturated carbocycles. The second kappa shape index (κ2) is 2.65. The topological polar surface area (TPSA) is 12.4 Å². The molecule has 0 unspecified atom stereocenters. The lowest BCUT2D eigenvalue weighted by atomic mass is 10.2. The second-order valence-corrected chi connectivity index (χ2v) is 2.27. The summed E-state index contributed by atoms with van der Waals surface area (Å²) in [7, 11) is 1.82. The van der Waals surface area contributed by atoms with Gasteiger partial charge in [0.25, 0.3) is 0 Å². The minimum Gasteiger partial charge on any atom is -0.292 e. The summed E-state index contributed by atoms with van der Waals surface area (Å²) in [5.41, 5.74) is 3.89. The molecule has 0 aliphatic heterocycles. The lowest BCUT2D eigenvalue weighted by Gasteiger charge is -1.89. The third kappa shape index (κ3) is 1.55. The van der Waals surface area contributed by atoms with Crippen molar-refractivity contribution in [2.24, 2.45) is 10.9 Å². The molecular weight excluding hydrogens is 110 g/mol. The third-order valence-corrected chi connectivity index (χ3v) is 1.50. The number of aliphatic imine (C=N–C) groups is 1. The van der Waals surface area contributed by atoms with Crippen LogP contribution in [0.3, 0.4) is 0 Å². The molecule has 0 saturated heterocycles. The van der Waals surface area contributed by atoms with Crippen LogP contribution >= 0.6 is 0 Å². The van der Waals surface area contributed by atoms with Gasteiger partial charge in [-0.3, -0.25) is 4.99 Å². The van der Waals surface area contributed by atoms with Crippen LogP contribution in [0.15, 0.2) is 23.4 Å². The van der Waals surface area contributed by atoms with Gasteiger partial charge in [-0.1, -0.05) is 6.58 Å². The highest BCUT2D eigenvalue weighted by Crippen LogP contribution is 2.30. The summed E-state index contributed by atoms with van der Waals surface area (Å²) in [5.74, 6) is 0.726. The zero-order valence-electron chi connectivity index (χ0n) is 5.72. The molecule has 9 heavy (non-hydrogen) atoms. The molecule has 0 N–H and O–H groups in total. The predicted molar refractivity (Wildman–Crippen MR) is 39.8 cm³/mol. The molecule has 0 aromatic rings. The van der Waals surface area contributed by atoms with Crippen LogP contribution in [0.25, 0.3) is 0 Å². The molecule has 0 atom stereocenters. The van der Waals surface area contributed by atoms with E-state index >= 15 is 0 Å². The van der Waals surface area contributed by atoms with Gasteiger partial charge in [0.15, 0.2) is 0 Å². The summed E-state index contributed by atoms with van der Waals surface area (Å²) < 4.78 is 0. The van der Waals surface area contributed by atoms with Crippen LogP contribution in [-0.2, 0) is 0 Å². The van der Waals surface area contributed by atoms with E-state index < -0.39 is 0 Å². The first-order valence-corrected chi connectivity index (χ1v) is 3.21. The van der Waals surface area contributed by atoms with Gasteiger partial charge in [0.05, 0.1) is 0 Å². The molecule has 1 fully saturated rings. The van der Waals surface area contributed by atoms with Gasteiger partial charge in [0, 0.05) is 24.8 Å². The summed E-state index contributed by atoms with van der Waals surface area (Å²) >= 11 is 0. The first kappa shape index (κ1) is 6.31. The molecule has 1 nitrogen and oxygen atoms in total. The molecular formula is C8H11N. The Balaban J connectivity index is 2.58. The Labute approximate surface area is 55.8 Å². The summed E-state index contributed by atoms with van der Waals surface area (Å²) in [6.07, 6.45) is 4.47. The normalized spacial score (nSPS) is 19.0. The van der Waals surface area contributed by atoms with Gasteiger partial charge in [-0.05, 0) is 12.8 Å². The summed E-state index contributed by atoms with van der Waals surface area (Å²) in [5, 5.41) is 0. The van der Waals surface area contributed by atoms with Crippen molar-refractivity contribution in [3.63, 3.8) is 0 Å². The van der Waals surface area contributed by atoms with E-state index in [1.807, 2.05) is 13.1 Å². The average molecular weight is 121 g/mol. The van der Waals surface area contributed by atoms with E-state index in [1.165, 1.54) is 12.8 Å². The molecule has 0 aromatic carbocycles. The lowest BCUT2D eigenvalue weighted by molar-refractivity contribution is 1.18. The highest BCUT2D eigenvalue weighted by atomic mass is 14.7. The Morgan fingerprint density at radius 1 is 1.78 bits per heavy atom. The minimum atomic E-state index is 0.726. The standard InChI is InChI=1S/C8H11N/c1-3-4-8(9-2)7-5-6-7/h4,7H,1,5-6H2,2H3. The van der Waals surface area contributed by atoms with Crippen molar-refractivity contribution in [2.75, 3.05) is 7.05 Å². The van der Waals surface area contributed by atoms with Gasteiger partial charge in [-0.2, -0.15) is 0 Å². The fraction of sp³-hybridized carbons (Fsp3) is 0.500. The molecule has 1 rings (SSSR count). The van der Waals surface area contributed by atoms with Crippen molar-refractivity contribution in [1.82, 2.24) is 0 Å². The number of allylic oxidation sites excluding steroid dienone is 1. The van der Waals surface area contributed by atoms with Crippen LogP contribution < -0.4 is 0 Å². The van der Waals surface area contributed by atoms with Crippen molar-refractivity contribution < 1.29 is 0 Å². The maximum absolute atomic E-state index is 4.10. The van der Waals surface area contributed by atoms with Crippen molar-refractivity contribution in [2.45, 2.75) is 12.8 Å². The molecule has 0 spiro atoms. The number of hydrogen-bond donors (Lipinski definition) is 0. The first-order valence-electron chi connectivity index (χ1n) is 3.21. The Hall–Kier alpha value is -0.810. The smallest absolute Gasteiger partial charge is 0.0452 e. The Morgan fingerprint density at radius 3 is 2.78 bits per heavy atom. The van der Waals surface area contributed by atoms with Gasteiger partial charge in [-0.15, -0.1) is 5.73 Å². The molecule has 0 aromatic heterocycles. The monoisotopic (exact) mass is 121 g/mol. The highest BCUT2D eigenvalue weighted by molar-refractivity contribution is 5.98. The van der Waals surface area contributed by atoms with E-state index in [9.17, 15) is 0 Å². The van der Waals surface area contributed by atoms with E-state index in [-0.39, 0.29) is 0 Å². The van der Waals surface area contributed by atoms with Crippen molar-refractivity contribution in [1.29, 1.82) is 0 Å². The number of nitrogens with zero attached hydrogens (tertiary/aromatic N) is 1. The largest absolute Gasteiger partial charge is 0.292 e. The molecule has 0 amide bonds. The predicted octanol–water partition coefficient (Wildman–Crippen LogP) is 1.81. The Bertz CT molecular complexity index is 169. The van der Waals surface area contributed by atoms with Gasteiger partial charge >= 0.3 is 0 Å². The molecule has 1 heteroatoms. The Kier molecular flexibility index (Phi) is 1.86. The van der Waals surface area contributed by atoms with E-state index in [0.29, 0.717) is 0 Å². The second-order valence-electron chi connectivity index (χ2n) is 2.27.